The van der Waals surface area contributed by atoms with Gasteiger partial charge >= 0.3 is 0 Å². The average Bonchev–Trinajstić information content (AvgIpc) is 2.31. The van der Waals surface area contributed by atoms with Gasteiger partial charge in [0.25, 0.3) is 0 Å². The topological polar surface area (TPSA) is 49.8 Å². The maximum absolute atomic E-state index is 11.6. The van der Waals surface area contributed by atoms with E-state index in [1.54, 1.807) is 30.1 Å². The Morgan fingerprint density at radius 1 is 1.47 bits per heavy atom. The number of aromatic hydroxyl groups is 1. The van der Waals surface area contributed by atoms with Crippen LogP contribution in [0, 0.1) is 0 Å². The van der Waals surface area contributed by atoms with Gasteiger partial charge in [0.1, 0.15) is 0 Å². The van der Waals surface area contributed by atoms with Crippen LogP contribution in [0.2, 0.25) is 0 Å². The first-order valence-electron chi connectivity index (χ1n) is 5.68. The SMILES string of the molecule is CCCC(=O)N(C)Cc1ccc(O)c(OC)c1. The van der Waals surface area contributed by atoms with Crippen LogP contribution >= 0.6 is 0 Å². The van der Waals surface area contributed by atoms with Crippen molar-refractivity contribution in [2.45, 2.75) is 26.3 Å². The number of phenolic OH excluding ortho intramolecular Hbond substituents is 1. The van der Waals surface area contributed by atoms with Crippen molar-refractivity contribution in [2.24, 2.45) is 0 Å². The van der Waals surface area contributed by atoms with Crippen molar-refractivity contribution >= 4 is 5.91 Å². The van der Waals surface area contributed by atoms with Crippen LogP contribution < -0.4 is 4.74 Å². The van der Waals surface area contributed by atoms with Crippen molar-refractivity contribution in [3.8, 4) is 11.5 Å². The van der Waals surface area contributed by atoms with E-state index in [9.17, 15) is 9.90 Å². The molecule has 0 unspecified atom stereocenters. The number of benzene rings is 1. The molecule has 0 aliphatic heterocycles. The summed E-state index contributed by atoms with van der Waals surface area (Å²) in [5.41, 5.74) is 0.937. The molecule has 0 aromatic heterocycles. The molecule has 0 atom stereocenters. The quantitative estimate of drug-likeness (QED) is 0.853. The highest BCUT2D eigenvalue weighted by atomic mass is 16.5. The number of carbonyl (C=O) groups is 1. The molecular formula is C13H19NO3. The second-order valence-electron chi connectivity index (χ2n) is 4.01. The Kier molecular flexibility index (Phi) is 4.82. The van der Waals surface area contributed by atoms with Crippen molar-refractivity contribution in [3.63, 3.8) is 0 Å². The van der Waals surface area contributed by atoms with E-state index >= 15 is 0 Å². The van der Waals surface area contributed by atoms with Crippen LogP contribution in [0.15, 0.2) is 18.2 Å². The van der Waals surface area contributed by atoms with Gasteiger partial charge in [-0.15, -0.1) is 0 Å². The molecule has 17 heavy (non-hydrogen) atoms. The lowest BCUT2D eigenvalue weighted by Crippen LogP contribution is -2.25. The van der Waals surface area contributed by atoms with Gasteiger partial charge in [-0.05, 0) is 24.1 Å². The molecule has 0 saturated carbocycles. The molecule has 0 heterocycles. The van der Waals surface area contributed by atoms with Crippen molar-refractivity contribution in [1.29, 1.82) is 0 Å². The first kappa shape index (κ1) is 13.4. The Morgan fingerprint density at radius 3 is 2.76 bits per heavy atom. The molecule has 4 heteroatoms. The van der Waals surface area contributed by atoms with Gasteiger partial charge in [0, 0.05) is 20.0 Å². The number of phenols is 1. The fourth-order valence-electron chi connectivity index (χ4n) is 1.59. The second kappa shape index (κ2) is 6.13. The second-order valence-corrected chi connectivity index (χ2v) is 4.01. The summed E-state index contributed by atoms with van der Waals surface area (Å²) in [5, 5.41) is 9.46. The lowest BCUT2D eigenvalue weighted by molar-refractivity contribution is -0.130. The summed E-state index contributed by atoms with van der Waals surface area (Å²) in [5.74, 6) is 0.664. The van der Waals surface area contributed by atoms with Crippen molar-refractivity contribution in [3.05, 3.63) is 23.8 Å². The van der Waals surface area contributed by atoms with Gasteiger partial charge in [0.2, 0.25) is 5.91 Å². The van der Waals surface area contributed by atoms with E-state index in [4.69, 9.17) is 4.74 Å². The molecule has 1 aromatic rings. The Morgan fingerprint density at radius 2 is 2.18 bits per heavy atom. The van der Waals surface area contributed by atoms with Crippen LogP contribution in [0.3, 0.4) is 0 Å². The molecule has 0 bridgehead atoms. The van der Waals surface area contributed by atoms with Gasteiger partial charge in [0.15, 0.2) is 11.5 Å². The summed E-state index contributed by atoms with van der Waals surface area (Å²) in [6.07, 6.45) is 1.41. The largest absolute Gasteiger partial charge is 0.504 e. The minimum absolute atomic E-state index is 0.110. The molecule has 4 nitrogen and oxygen atoms in total. The molecule has 1 aromatic carbocycles. The highest BCUT2D eigenvalue weighted by Gasteiger charge is 2.09. The summed E-state index contributed by atoms with van der Waals surface area (Å²) in [4.78, 5) is 13.3. The number of hydrogen-bond donors (Lipinski definition) is 1. The number of ether oxygens (including phenoxy) is 1. The van der Waals surface area contributed by atoms with Crippen LogP contribution in [0.1, 0.15) is 25.3 Å². The molecule has 1 N–H and O–H groups in total. The number of nitrogens with zero attached hydrogens (tertiary/aromatic N) is 1. The molecule has 94 valence electrons. The smallest absolute Gasteiger partial charge is 0.222 e. The number of carbonyl (C=O) groups excluding carboxylic acids is 1. The predicted molar refractivity (Wildman–Crippen MR) is 66.0 cm³/mol. The molecule has 0 spiro atoms. The minimum Gasteiger partial charge on any atom is -0.504 e. The lowest BCUT2D eigenvalue weighted by Gasteiger charge is -2.17. The predicted octanol–water partition coefficient (Wildman–Crippen LogP) is 2.16. The first-order valence-corrected chi connectivity index (χ1v) is 5.68. The molecular weight excluding hydrogens is 218 g/mol. The van der Waals surface area contributed by atoms with Gasteiger partial charge in [-0.25, -0.2) is 0 Å². The monoisotopic (exact) mass is 237 g/mol. The minimum atomic E-state index is 0.110. The average molecular weight is 237 g/mol. The van der Waals surface area contributed by atoms with Crippen LogP contribution in [0.5, 0.6) is 11.5 Å². The third-order valence-corrected chi connectivity index (χ3v) is 2.55. The molecule has 1 amide bonds. The number of amides is 1. The summed E-state index contributed by atoms with van der Waals surface area (Å²) >= 11 is 0. The van der Waals surface area contributed by atoms with Gasteiger partial charge in [-0.3, -0.25) is 4.79 Å². The van der Waals surface area contributed by atoms with Gasteiger partial charge in [-0.2, -0.15) is 0 Å². The number of rotatable bonds is 5. The van der Waals surface area contributed by atoms with Crippen LogP contribution in [0.4, 0.5) is 0 Å². The van der Waals surface area contributed by atoms with Crippen LogP contribution in [-0.4, -0.2) is 30.1 Å². The van der Waals surface area contributed by atoms with E-state index in [-0.39, 0.29) is 11.7 Å². The number of methoxy groups -OCH3 is 1. The molecule has 1 rings (SSSR count). The van der Waals surface area contributed by atoms with E-state index in [0.717, 1.165) is 12.0 Å². The molecule has 0 aliphatic rings. The van der Waals surface area contributed by atoms with E-state index in [0.29, 0.717) is 18.7 Å². The zero-order chi connectivity index (χ0) is 12.8. The molecule has 0 radical (unpaired) electrons. The standard InChI is InChI=1S/C13H19NO3/c1-4-5-13(16)14(2)9-10-6-7-11(15)12(8-10)17-3/h6-8,15H,4-5,9H2,1-3H3. The van der Waals surface area contributed by atoms with Crippen molar-refractivity contribution in [2.75, 3.05) is 14.2 Å². The molecule has 0 saturated heterocycles. The van der Waals surface area contributed by atoms with E-state index in [2.05, 4.69) is 0 Å². The molecule has 0 fully saturated rings. The lowest BCUT2D eigenvalue weighted by atomic mass is 10.2. The highest BCUT2D eigenvalue weighted by Crippen LogP contribution is 2.26. The summed E-state index contributed by atoms with van der Waals surface area (Å²) < 4.78 is 5.02. The van der Waals surface area contributed by atoms with E-state index in [1.165, 1.54) is 7.11 Å². The zero-order valence-corrected chi connectivity index (χ0v) is 10.6. The van der Waals surface area contributed by atoms with E-state index in [1.807, 2.05) is 6.92 Å². The Balaban J connectivity index is 2.71. The summed E-state index contributed by atoms with van der Waals surface area (Å²) in [6.45, 7) is 2.50. The summed E-state index contributed by atoms with van der Waals surface area (Å²) in [7, 11) is 3.28. The Labute approximate surface area is 102 Å². The summed E-state index contributed by atoms with van der Waals surface area (Å²) in [6, 6.07) is 5.10. The third-order valence-electron chi connectivity index (χ3n) is 2.55. The maximum Gasteiger partial charge on any atom is 0.222 e. The Bertz CT molecular complexity index is 390. The first-order chi connectivity index (χ1) is 8.08. The van der Waals surface area contributed by atoms with Gasteiger partial charge < -0.3 is 14.7 Å². The fourth-order valence-corrected chi connectivity index (χ4v) is 1.59. The zero-order valence-electron chi connectivity index (χ0n) is 10.6. The van der Waals surface area contributed by atoms with Crippen molar-refractivity contribution < 1.29 is 14.6 Å². The van der Waals surface area contributed by atoms with Crippen LogP contribution in [0.25, 0.3) is 0 Å². The molecule has 0 aliphatic carbocycles. The normalized spacial score (nSPS) is 10.1. The Hall–Kier alpha value is -1.71. The van der Waals surface area contributed by atoms with Gasteiger partial charge in [-0.1, -0.05) is 13.0 Å². The van der Waals surface area contributed by atoms with Gasteiger partial charge in [0.05, 0.1) is 7.11 Å². The highest BCUT2D eigenvalue weighted by molar-refractivity contribution is 5.75. The van der Waals surface area contributed by atoms with Crippen molar-refractivity contribution in [1.82, 2.24) is 4.90 Å². The van der Waals surface area contributed by atoms with E-state index < -0.39 is 0 Å². The fraction of sp³-hybridized carbons (Fsp3) is 0.462. The maximum atomic E-state index is 11.6. The third kappa shape index (κ3) is 3.66. The van der Waals surface area contributed by atoms with Crippen LogP contribution in [-0.2, 0) is 11.3 Å². The number of hydrogen-bond acceptors (Lipinski definition) is 3.